The van der Waals surface area contributed by atoms with E-state index in [1.165, 1.54) is 5.56 Å². The summed E-state index contributed by atoms with van der Waals surface area (Å²) in [5.41, 5.74) is 2.70. The SMILES string of the molecule is COc1ccc(NC(=O)Cc2csc(SCc3ccc(Cl)cc3)n2)cc1. The third-order valence-corrected chi connectivity index (χ3v) is 5.91. The first-order valence-electron chi connectivity index (χ1n) is 7.88. The molecule has 0 fully saturated rings. The molecule has 0 spiro atoms. The molecule has 1 amide bonds. The summed E-state index contributed by atoms with van der Waals surface area (Å²) in [6, 6.07) is 15.0. The third kappa shape index (κ3) is 5.49. The molecule has 1 N–H and O–H groups in total. The molecule has 26 heavy (non-hydrogen) atoms. The van der Waals surface area contributed by atoms with Crippen LogP contribution in [0.1, 0.15) is 11.3 Å². The maximum Gasteiger partial charge on any atom is 0.230 e. The van der Waals surface area contributed by atoms with Crippen molar-refractivity contribution in [3.8, 4) is 5.75 Å². The molecular weight excluding hydrogens is 388 g/mol. The van der Waals surface area contributed by atoms with Crippen LogP contribution in [0.5, 0.6) is 5.75 Å². The number of methoxy groups -OCH3 is 1. The van der Waals surface area contributed by atoms with Crippen molar-refractivity contribution in [2.24, 2.45) is 0 Å². The highest BCUT2D eigenvalue weighted by atomic mass is 35.5. The summed E-state index contributed by atoms with van der Waals surface area (Å²) in [5, 5.41) is 5.53. The van der Waals surface area contributed by atoms with Crippen LogP contribution in [0.3, 0.4) is 0 Å². The quantitative estimate of drug-likeness (QED) is 0.544. The van der Waals surface area contributed by atoms with Gasteiger partial charge in [-0.05, 0) is 42.0 Å². The Bertz CT molecular complexity index is 864. The van der Waals surface area contributed by atoms with Gasteiger partial charge in [0.1, 0.15) is 10.1 Å². The summed E-state index contributed by atoms with van der Waals surface area (Å²) in [7, 11) is 1.61. The first kappa shape index (κ1) is 18.8. The molecule has 2 aromatic carbocycles. The number of carbonyl (C=O) groups excluding carboxylic acids is 1. The zero-order valence-electron chi connectivity index (χ0n) is 14.1. The van der Waals surface area contributed by atoms with Crippen molar-refractivity contribution >= 4 is 46.3 Å². The highest BCUT2D eigenvalue weighted by Crippen LogP contribution is 2.27. The first-order chi connectivity index (χ1) is 12.6. The van der Waals surface area contributed by atoms with Crippen LogP contribution in [-0.4, -0.2) is 18.0 Å². The summed E-state index contributed by atoms with van der Waals surface area (Å²) in [5.74, 6) is 1.49. The lowest BCUT2D eigenvalue weighted by Crippen LogP contribution is -2.14. The van der Waals surface area contributed by atoms with Gasteiger partial charge in [-0.15, -0.1) is 11.3 Å². The summed E-state index contributed by atoms with van der Waals surface area (Å²) in [4.78, 5) is 16.7. The number of aromatic nitrogens is 1. The van der Waals surface area contributed by atoms with Crippen molar-refractivity contribution in [3.63, 3.8) is 0 Å². The van der Waals surface area contributed by atoms with Gasteiger partial charge in [-0.25, -0.2) is 4.98 Å². The Morgan fingerprint density at radius 3 is 2.62 bits per heavy atom. The van der Waals surface area contributed by atoms with Gasteiger partial charge in [0.05, 0.1) is 19.2 Å². The van der Waals surface area contributed by atoms with Gasteiger partial charge in [-0.3, -0.25) is 4.79 Å². The number of rotatable bonds is 7. The number of thioether (sulfide) groups is 1. The summed E-state index contributed by atoms with van der Waals surface area (Å²) >= 11 is 9.10. The van der Waals surface area contributed by atoms with Gasteiger partial charge >= 0.3 is 0 Å². The maximum absolute atomic E-state index is 12.2. The van der Waals surface area contributed by atoms with Gasteiger partial charge in [0.25, 0.3) is 0 Å². The molecule has 0 bridgehead atoms. The van der Waals surface area contributed by atoms with E-state index in [-0.39, 0.29) is 12.3 Å². The molecule has 0 unspecified atom stereocenters. The standard InChI is InChI=1S/C19H17ClN2O2S2/c1-24-17-8-6-15(7-9-17)21-18(23)10-16-12-26-19(22-16)25-11-13-2-4-14(20)5-3-13/h2-9,12H,10-11H2,1H3,(H,21,23). The molecule has 0 saturated carbocycles. The molecule has 7 heteroatoms. The van der Waals surface area contributed by atoms with Gasteiger partial charge < -0.3 is 10.1 Å². The highest BCUT2D eigenvalue weighted by Gasteiger charge is 2.09. The van der Waals surface area contributed by atoms with E-state index in [0.29, 0.717) is 0 Å². The first-order valence-corrected chi connectivity index (χ1v) is 10.1. The Hall–Kier alpha value is -2.02. The molecule has 0 radical (unpaired) electrons. The Labute approximate surface area is 165 Å². The minimum Gasteiger partial charge on any atom is -0.497 e. The zero-order chi connectivity index (χ0) is 18.4. The number of anilines is 1. The topological polar surface area (TPSA) is 51.2 Å². The van der Waals surface area contributed by atoms with Gasteiger partial charge in [0, 0.05) is 21.8 Å². The van der Waals surface area contributed by atoms with Crippen molar-refractivity contribution in [2.45, 2.75) is 16.5 Å². The van der Waals surface area contributed by atoms with Crippen LogP contribution in [0.15, 0.2) is 58.3 Å². The van der Waals surface area contributed by atoms with Crippen molar-refractivity contribution in [2.75, 3.05) is 12.4 Å². The Morgan fingerprint density at radius 2 is 1.92 bits per heavy atom. The average molecular weight is 405 g/mol. The Kier molecular flexibility index (Phi) is 6.55. The predicted octanol–water partition coefficient (Wildman–Crippen LogP) is 5.28. The Balaban J connectivity index is 1.50. The number of carbonyl (C=O) groups is 1. The van der Waals surface area contributed by atoms with Gasteiger partial charge in [-0.1, -0.05) is 35.5 Å². The minimum atomic E-state index is -0.0882. The normalized spacial score (nSPS) is 10.5. The van der Waals surface area contributed by atoms with E-state index < -0.39 is 0 Å². The number of nitrogens with one attached hydrogen (secondary N) is 1. The van der Waals surface area contributed by atoms with Crippen LogP contribution in [0, 0.1) is 0 Å². The number of ether oxygens (including phenoxy) is 1. The zero-order valence-corrected chi connectivity index (χ0v) is 16.5. The van der Waals surface area contributed by atoms with E-state index in [2.05, 4.69) is 10.3 Å². The van der Waals surface area contributed by atoms with Crippen LogP contribution in [-0.2, 0) is 17.0 Å². The molecule has 134 valence electrons. The largest absolute Gasteiger partial charge is 0.497 e. The van der Waals surface area contributed by atoms with Crippen molar-refractivity contribution in [3.05, 3.63) is 70.2 Å². The number of nitrogens with zero attached hydrogens (tertiary/aromatic N) is 1. The molecule has 0 aliphatic heterocycles. The summed E-state index contributed by atoms with van der Waals surface area (Å²) in [6.45, 7) is 0. The van der Waals surface area contributed by atoms with Gasteiger partial charge in [-0.2, -0.15) is 0 Å². The van der Waals surface area contributed by atoms with Crippen molar-refractivity contribution in [1.82, 2.24) is 4.98 Å². The summed E-state index contributed by atoms with van der Waals surface area (Å²) < 4.78 is 6.05. The fourth-order valence-electron chi connectivity index (χ4n) is 2.21. The van der Waals surface area contributed by atoms with E-state index in [1.54, 1.807) is 30.2 Å². The molecule has 0 aliphatic rings. The van der Waals surface area contributed by atoms with Crippen LogP contribution in [0.2, 0.25) is 5.02 Å². The molecule has 0 atom stereocenters. The molecule has 4 nitrogen and oxygen atoms in total. The lowest BCUT2D eigenvalue weighted by Gasteiger charge is -2.05. The molecular formula is C19H17ClN2O2S2. The lowest BCUT2D eigenvalue weighted by molar-refractivity contribution is -0.115. The lowest BCUT2D eigenvalue weighted by atomic mass is 10.2. The predicted molar refractivity (Wildman–Crippen MR) is 108 cm³/mol. The fraction of sp³-hybridized carbons (Fsp3) is 0.158. The van der Waals surface area contributed by atoms with Crippen LogP contribution < -0.4 is 10.1 Å². The fourth-order valence-corrected chi connectivity index (χ4v) is 4.13. The van der Waals surface area contributed by atoms with Crippen LogP contribution in [0.4, 0.5) is 5.69 Å². The molecule has 0 saturated heterocycles. The van der Waals surface area contributed by atoms with Gasteiger partial charge in [0.2, 0.25) is 5.91 Å². The van der Waals surface area contributed by atoms with E-state index in [0.717, 1.165) is 32.2 Å². The van der Waals surface area contributed by atoms with E-state index >= 15 is 0 Å². The molecule has 0 aliphatic carbocycles. The van der Waals surface area contributed by atoms with Crippen LogP contribution >= 0.6 is 34.7 Å². The second-order valence-corrected chi connectivity index (χ2v) is 7.99. The number of amides is 1. The molecule has 3 aromatic rings. The van der Waals surface area contributed by atoms with E-state index in [1.807, 2.05) is 53.9 Å². The van der Waals surface area contributed by atoms with Crippen molar-refractivity contribution < 1.29 is 9.53 Å². The smallest absolute Gasteiger partial charge is 0.230 e. The maximum atomic E-state index is 12.2. The van der Waals surface area contributed by atoms with Crippen molar-refractivity contribution in [1.29, 1.82) is 0 Å². The number of benzene rings is 2. The second-order valence-electron chi connectivity index (χ2n) is 5.47. The highest BCUT2D eigenvalue weighted by molar-refractivity contribution is 8.00. The molecule has 1 aromatic heterocycles. The summed E-state index contributed by atoms with van der Waals surface area (Å²) in [6.07, 6.45) is 0.254. The molecule has 3 rings (SSSR count). The van der Waals surface area contributed by atoms with E-state index in [9.17, 15) is 4.79 Å². The molecule has 1 heterocycles. The van der Waals surface area contributed by atoms with E-state index in [4.69, 9.17) is 16.3 Å². The number of halogens is 1. The third-order valence-electron chi connectivity index (χ3n) is 3.52. The number of hydrogen-bond acceptors (Lipinski definition) is 5. The monoisotopic (exact) mass is 404 g/mol. The second kappa shape index (κ2) is 9.07. The Morgan fingerprint density at radius 1 is 1.19 bits per heavy atom. The average Bonchev–Trinajstić information content (AvgIpc) is 3.09. The van der Waals surface area contributed by atoms with Gasteiger partial charge in [0.15, 0.2) is 0 Å². The number of thiazole rings is 1. The minimum absolute atomic E-state index is 0.0882. The van der Waals surface area contributed by atoms with Crippen LogP contribution in [0.25, 0.3) is 0 Å². The number of hydrogen-bond donors (Lipinski definition) is 1.